The van der Waals surface area contributed by atoms with Gasteiger partial charge in [0.05, 0.1) is 23.3 Å². The first-order chi connectivity index (χ1) is 14.6. The number of carbonyl (C=O) groups is 1. The molecule has 0 saturated heterocycles. The Morgan fingerprint density at radius 1 is 0.903 bits per heavy atom. The molecule has 2 atom stereocenters. The molecule has 3 aromatic rings. The molecule has 0 fully saturated rings. The Morgan fingerprint density at radius 3 is 2.10 bits per heavy atom. The van der Waals surface area contributed by atoms with Crippen molar-refractivity contribution in [3.05, 3.63) is 107 Å². The van der Waals surface area contributed by atoms with Crippen LogP contribution in [0.5, 0.6) is 0 Å². The van der Waals surface area contributed by atoms with Crippen molar-refractivity contribution in [1.29, 1.82) is 0 Å². The number of alkyl halides is 3. The van der Waals surface area contributed by atoms with Gasteiger partial charge < -0.3 is 10.4 Å². The van der Waals surface area contributed by atoms with Gasteiger partial charge in [-0.15, -0.1) is 0 Å². The first-order valence-corrected chi connectivity index (χ1v) is 9.30. The third-order valence-electron chi connectivity index (χ3n) is 4.76. The summed E-state index contributed by atoms with van der Waals surface area (Å²) in [6.45, 7) is 0. The fraction of sp³-hybridized carbons (Fsp3) is 0.174. The van der Waals surface area contributed by atoms with Gasteiger partial charge in [-0.2, -0.15) is 13.2 Å². The van der Waals surface area contributed by atoms with Gasteiger partial charge in [0.1, 0.15) is 11.6 Å². The molecule has 0 radical (unpaired) electrons. The van der Waals surface area contributed by atoms with Crippen molar-refractivity contribution < 1.29 is 31.9 Å². The molecule has 162 valence electrons. The first-order valence-electron chi connectivity index (χ1n) is 9.30. The summed E-state index contributed by atoms with van der Waals surface area (Å²) in [6, 6.07) is 13.4. The van der Waals surface area contributed by atoms with Gasteiger partial charge in [0, 0.05) is 0 Å². The van der Waals surface area contributed by atoms with E-state index in [0.29, 0.717) is 5.56 Å². The Balaban J connectivity index is 1.87. The summed E-state index contributed by atoms with van der Waals surface area (Å²) < 4.78 is 65.6. The van der Waals surface area contributed by atoms with Crippen LogP contribution in [-0.4, -0.2) is 17.1 Å². The maximum atomic E-state index is 14.0. The zero-order chi connectivity index (χ0) is 22.6. The molecule has 1 amide bonds. The van der Waals surface area contributed by atoms with E-state index in [4.69, 9.17) is 0 Å². The van der Waals surface area contributed by atoms with Crippen molar-refractivity contribution in [2.24, 2.45) is 0 Å². The summed E-state index contributed by atoms with van der Waals surface area (Å²) in [4.78, 5) is 12.6. The summed E-state index contributed by atoms with van der Waals surface area (Å²) in [6.07, 6.45) is -5.86. The third kappa shape index (κ3) is 5.67. The lowest BCUT2D eigenvalue weighted by Crippen LogP contribution is -2.41. The second-order valence-electron chi connectivity index (χ2n) is 6.95. The van der Waals surface area contributed by atoms with E-state index in [9.17, 15) is 31.9 Å². The average molecular weight is 435 g/mol. The van der Waals surface area contributed by atoms with Crippen molar-refractivity contribution >= 4 is 5.91 Å². The molecule has 8 heteroatoms. The zero-order valence-electron chi connectivity index (χ0n) is 16.0. The summed E-state index contributed by atoms with van der Waals surface area (Å²) >= 11 is 0. The molecular weight excluding hydrogens is 417 g/mol. The highest BCUT2D eigenvalue weighted by Crippen LogP contribution is 2.29. The number of aliphatic hydroxyl groups is 1. The normalized spacial score (nSPS) is 13.5. The predicted molar refractivity (Wildman–Crippen MR) is 104 cm³/mol. The van der Waals surface area contributed by atoms with E-state index in [-0.39, 0.29) is 17.5 Å². The number of halogens is 5. The predicted octanol–water partition coefficient (Wildman–Crippen LogP) is 5.06. The topological polar surface area (TPSA) is 49.3 Å². The van der Waals surface area contributed by atoms with E-state index < -0.39 is 41.4 Å². The monoisotopic (exact) mass is 435 g/mol. The average Bonchev–Trinajstić information content (AvgIpc) is 2.73. The minimum Gasteiger partial charge on any atom is -0.386 e. The van der Waals surface area contributed by atoms with Crippen molar-refractivity contribution in [3.63, 3.8) is 0 Å². The van der Waals surface area contributed by atoms with Gasteiger partial charge in [-0.25, -0.2) is 8.78 Å². The largest absolute Gasteiger partial charge is 0.416 e. The molecule has 2 unspecified atom stereocenters. The standard InChI is InChI=1S/C23H18F5NO2/c24-17-11-7-15(8-12-17)21(30)20(29-22(31)18-3-1-2-4-19(18)25)13-14-5-9-16(10-6-14)23(26,27)28/h1-12,20-21,30H,13H2,(H,29,31). The van der Waals surface area contributed by atoms with Gasteiger partial charge in [-0.1, -0.05) is 36.4 Å². The van der Waals surface area contributed by atoms with Crippen LogP contribution in [0.4, 0.5) is 22.0 Å². The van der Waals surface area contributed by atoms with Crippen LogP contribution in [0.25, 0.3) is 0 Å². The van der Waals surface area contributed by atoms with Gasteiger partial charge in [-0.05, 0) is 53.9 Å². The first kappa shape index (κ1) is 22.4. The summed E-state index contributed by atoms with van der Waals surface area (Å²) in [7, 11) is 0. The molecule has 3 rings (SSSR count). The summed E-state index contributed by atoms with van der Waals surface area (Å²) in [5, 5.41) is 13.3. The minimum absolute atomic E-state index is 0.0448. The Hall–Kier alpha value is -3.26. The van der Waals surface area contributed by atoms with Gasteiger partial charge in [0.2, 0.25) is 0 Å². The van der Waals surface area contributed by atoms with Gasteiger partial charge in [0.15, 0.2) is 0 Å². The van der Waals surface area contributed by atoms with Crippen molar-refractivity contribution in [3.8, 4) is 0 Å². The Morgan fingerprint density at radius 2 is 1.52 bits per heavy atom. The molecule has 3 nitrogen and oxygen atoms in total. The van der Waals surface area contributed by atoms with Crippen molar-refractivity contribution in [2.45, 2.75) is 24.7 Å². The number of aliphatic hydroxyl groups excluding tert-OH is 1. The van der Waals surface area contributed by atoms with Crippen molar-refractivity contribution in [2.75, 3.05) is 0 Å². The molecule has 31 heavy (non-hydrogen) atoms. The molecule has 0 aliphatic carbocycles. The molecule has 0 spiro atoms. The smallest absolute Gasteiger partial charge is 0.386 e. The third-order valence-corrected chi connectivity index (χ3v) is 4.76. The summed E-state index contributed by atoms with van der Waals surface area (Å²) in [5.41, 5.74) is -0.381. The van der Waals surface area contributed by atoms with Gasteiger partial charge in [0.25, 0.3) is 5.91 Å². The number of nitrogens with one attached hydrogen (secondary N) is 1. The van der Waals surface area contributed by atoms with E-state index in [1.807, 2.05) is 0 Å². The van der Waals surface area contributed by atoms with Gasteiger partial charge >= 0.3 is 6.18 Å². The lowest BCUT2D eigenvalue weighted by atomic mass is 9.95. The lowest BCUT2D eigenvalue weighted by Gasteiger charge is -2.25. The Bertz CT molecular complexity index is 1030. The van der Waals surface area contributed by atoms with E-state index in [1.165, 1.54) is 42.5 Å². The van der Waals surface area contributed by atoms with Crippen LogP contribution in [-0.2, 0) is 12.6 Å². The quantitative estimate of drug-likeness (QED) is 0.532. The molecule has 0 heterocycles. The summed E-state index contributed by atoms with van der Waals surface area (Å²) in [5.74, 6) is -2.08. The van der Waals surface area contributed by atoms with Crippen LogP contribution in [0.1, 0.15) is 33.2 Å². The number of hydrogen-bond acceptors (Lipinski definition) is 2. The number of amides is 1. The molecule has 3 aromatic carbocycles. The van der Waals surface area contributed by atoms with E-state index in [2.05, 4.69) is 5.32 Å². The second-order valence-corrected chi connectivity index (χ2v) is 6.95. The fourth-order valence-electron chi connectivity index (χ4n) is 3.11. The maximum absolute atomic E-state index is 14.0. The molecule has 0 bridgehead atoms. The van der Waals surface area contributed by atoms with E-state index in [0.717, 1.165) is 30.3 Å². The van der Waals surface area contributed by atoms with Crippen molar-refractivity contribution in [1.82, 2.24) is 5.32 Å². The van der Waals surface area contributed by atoms with Crippen LogP contribution in [0.2, 0.25) is 0 Å². The molecule has 2 N–H and O–H groups in total. The zero-order valence-corrected chi connectivity index (χ0v) is 16.0. The van der Waals surface area contributed by atoms with Crippen LogP contribution in [0.15, 0.2) is 72.8 Å². The maximum Gasteiger partial charge on any atom is 0.416 e. The highest BCUT2D eigenvalue weighted by atomic mass is 19.4. The highest BCUT2D eigenvalue weighted by Gasteiger charge is 2.30. The van der Waals surface area contributed by atoms with Crippen LogP contribution in [0, 0.1) is 11.6 Å². The Labute approximate surface area is 175 Å². The molecule has 0 aromatic heterocycles. The molecule has 0 saturated carbocycles. The number of carbonyl (C=O) groups excluding carboxylic acids is 1. The molecular formula is C23H18F5NO2. The SMILES string of the molecule is O=C(NC(Cc1ccc(C(F)(F)F)cc1)C(O)c1ccc(F)cc1)c1ccccc1F. The van der Waals surface area contributed by atoms with Crippen LogP contribution in [0.3, 0.4) is 0 Å². The number of benzene rings is 3. The van der Waals surface area contributed by atoms with E-state index >= 15 is 0 Å². The number of rotatable bonds is 6. The highest BCUT2D eigenvalue weighted by molar-refractivity contribution is 5.94. The van der Waals surface area contributed by atoms with Crippen LogP contribution >= 0.6 is 0 Å². The fourth-order valence-corrected chi connectivity index (χ4v) is 3.11. The molecule has 0 aliphatic heterocycles. The van der Waals surface area contributed by atoms with Crippen LogP contribution < -0.4 is 5.32 Å². The lowest BCUT2D eigenvalue weighted by molar-refractivity contribution is -0.137. The second kappa shape index (κ2) is 9.26. The Kier molecular flexibility index (Phi) is 6.70. The molecule has 0 aliphatic rings. The number of hydrogen-bond donors (Lipinski definition) is 2. The van der Waals surface area contributed by atoms with Gasteiger partial charge in [-0.3, -0.25) is 4.79 Å². The van der Waals surface area contributed by atoms with E-state index in [1.54, 1.807) is 0 Å². The minimum atomic E-state index is -4.50.